The van der Waals surface area contributed by atoms with Crippen LogP contribution in [0.1, 0.15) is 31.2 Å². The Bertz CT molecular complexity index is 593. The van der Waals surface area contributed by atoms with Crippen molar-refractivity contribution in [3.63, 3.8) is 0 Å². The monoisotopic (exact) mass is 338 g/mol. The molecule has 2 heterocycles. The van der Waals surface area contributed by atoms with E-state index in [-0.39, 0.29) is 11.9 Å². The lowest BCUT2D eigenvalue weighted by Gasteiger charge is -2.23. The largest absolute Gasteiger partial charge is 0.473 e. The summed E-state index contributed by atoms with van der Waals surface area (Å²) in [5.74, 6) is 0.559. The summed E-state index contributed by atoms with van der Waals surface area (Å²) < 4.78 is 28.6. The van der Waals surface area contributed by atoms with Gasteiger partial charge in [0.25, 0.3) is 0 Å². The first-order valence-corrected chi connectivity index (χ1v) is 10.1. The quantitative estimate of drug-likeness (QED) is 0.647. The second-order valence-electron chi connectivity index (χ2n) is 6.19. The molecule has 1 atom stereocenters. The topological polar surface area (TPSA) is 59.5 Å². The molecular weight excluding hydrogens is 312 g/mol. The van der Waals surface area contributed by atoms with Crippen molar-refractivity contribution >= 4 is 9.84 Å². The Labute approximate surface area is 139 Å². The molecule has 0 spiro atoms. The van der Waals surface area contributed by atoms with E-state index >= 15 is 0 Å². The van der Waals surface area contributed by atoms with Gasteiger partial charge in [-0.25, -0.2) is 13.4 Å². The van der Waals surface area contributed by atoms with Gasteiger partial charge in [0.2, 0.25) is 5.88 Å². The summed E-state index contributed by atoms with van der Waals surface area (Å²) in [6.45, 7) is 6.95. The highest BCUT2D eigenvalue weighted by Crippen LogP contribution is 2.16. The van der Waals surface area contributed by atoms with Crippen molar-refractivity contribution in [3.05, 3.63) is 36.5 Å². The van der Waals surface area contributed by atoms with E-state index in [0.717, 1.165) is 32.5 Å². The van der Waals surface area contributed by atoms with Crippen LogP contribution in [0.25, 0.3) is 0 Å². The predicted molar refractivity (Wildman–Crippen MR) is 92.3 cm³/mol. The Hall–Kier alpha value is -1.40. The van der Waals surface area contributed by atoms with Crippen LogP contribution in [0.5, 0.6) is 5.88 Å². The fourth-order valence-corrected chi connectivity index (χ4v) is 3.56. The minimum Gasteiger partial charge on any atom is -0.473 e. The third-order valence-corrected chi connectivity index (χ3v) is 4.72. The third-order valence-electron chi connectivity index (χ3n) is 3.87. The van der Waals surface area contributed by atoms with Crippen LogP contribution in [-0.2, 0) is 15.6 Å². The molecule has 1 saturated heterocycles. The zero-order valence-corrected chi connectivity index (χ0v) is 14.6. The average molecular weight is 338 g/mol. The van der Waals surface area contributed by atoms with Gasteiger partial charge in [0.1, 0.15) is 6.10 Å². The van der Waals surface area contributed by atoms with Gasteiger partial charge in [-0.15, -0.1) is 6.58 Å². The molecule has 0 bridgehead atoms. The van der Waals surface area contributed by atoms with E-state index in [1.54, 1.807) is 18.3 Å². The summed E-state index contributed by atoms with van der Waals surface area (Å²) in [6, 6.07) is 3.52. The number of nitrogens with zero attached hydrogens (tertiary/aromatic N) is 2. The van der Waals surface area contributed by atoms with Crippen molar-refractivity contribution in [3.8, 4) is 5.88 Å². The Morgan fingerprint density at radius 2 is 2.13 bits per heavy atom. The number of hydrogen-bond donors (Lipinski definition) is 0. The Kier molecular flexibility index (Phi) is 6.59. The van der Waals surface area contributed by atoms with Crippen molar-refractivity contribution < 1.29 is 13.2 Å². The zero-order valence-electron chi connectivity index (χ0n) is 13.8. The molecule has 23 heavy (non-hydrogen) atoms. The molecule has 1 fully saturated rings. The number of allylic oxidation sites excluding steroid dienone is 1. The summed E-state index contributed by atoms with van der Waals surface area (Å²) in [5, 5.41) is 0. The number of likely N-dealkylation sites (tertiary alicyclic amines) is 1. The van der Waals surface area contributed by atoms with Gasteiger partial charge in [-0.2, -0.15) is 0 Å². The molecule has 6 heteroatoms. The fraction of sp³-hybridized carbons (Fsp3) is 0.588. The van der Waals surface area contributed by atoms with Crippen molar-refractivity contribution in [1.82, 2.24) is 9.88 Å². The van der Waals surface area contributed by atoms with Gasteiger partial charge < -0.3 is 4.74 Å². The van der Waals surface area contributed by atoms with E-state index in [9.17, 15) is 8.42 Å². The number of pyridine rings is 1. The standard InChI is InChI=1S/C17H26N2O3S/c1-3-4-7-16(13-19-10-5-6-11-19)22-17-9-8-15(12-18-17)14-23(2,20)21/h3,8-9,12,16H,1,4-7,10-11,13-14H2,2H3/t16-/m1/s1. The van der Waals surface area contributed by atoms with Gasteiger partial charge in [-0.3, -0.25) is 4.90 Å². The number of aromatic nitrogens is 1. The number of sulfone groups is 1. The van der Waals surface area contributed by atoms with E-state index < -0.39 is 9.84 Å². The van der Waals surface area contributed by atoms with Gasteiger partial charge in [0, 0.05) is 25.1 Å². The number of ether oxygens (including phenoxy) is 1. The third kappa shape index (κ3) is 6.71. The van der Waals surface area contributed by atoms with Gasteiger partial charge >= 0.3 is 0 Å². The van der Waals surface area contributed by atoms with Crippen LogP contribution >= 0.6 is 0 Å². The minimum absolute atomic E-state index is 0.00789. The Morgan fingerprint density at radius 1 is 1.39 bits per heavy atom. The molecule has 0 amide bonds. The average Bonchev–Trinajstić information content (AvgIpc) is 2.98. The molecule has 0 aliphatic carbocycles. The highest BCUT2D eigenvalue weighted by Gasteiger charge is 2.19. The maximum Gasteiger partial charge on any atom is 0.213 e. The van der Waals surface area contributed by atoms with E-state index in [0.29, 0.717) is 11.4 Å². The van der Waals surface area contributed by atoms with Crippen LogP contribution in [0.4, 0.5) is 0 Å². The molecule has 0 saturated carbocycles. The van der Waals surface area contributed by atoms with Crippen molar-refractivity contribution in [2.75, 3.05) is 25.9 Å². The first kappa shape index (κ1) is 17.9. The van der Waals surface area contributed by atoms with Crippen LogP contribution in [0.2, 0.25) is 0 Å². The van der Waals surface area contributed by atoms with Crippen molar-refractivity contribution in [2.45, 2.75) is 37.5 Å². The van der Waals surface area contributed by atoms with E-state index in [2.05, 4.69) is 16.5 Å². The summed E-state index contributed by atoms with van der Waals surface area (Å²) in [7, 11) is -3.04. The first-order chi connectivity index (χ1) is 11.0. The smallest absolute Gasteiger partial charge is 0.213 e. The summed E-state index contributed by atoms with van der Waals surface area (Å²) in [4.78, 5) is 6.68. The van der Waals surface area contributed by atoms with Crippen LogP contribution in [0.3, 0.4) is 0 Å². The van der Waals surface area contributed by atoms with Crippen LogP contribution < -0.4 is 4.74 Å². The molecule has 128 valence electrons. The maximum absolute atomic E-state index is 11.3. The van der Waals surface area contributed by atoms with Gasteiger partial charge in [0.05, 0.1) is 5.75 Å². The highest BCUT2D eigenvalue weighted by molar-refractivity contribution is 7.89. The maximum atomic E-state index is 11.3. The van der Waals surface area contributed by atoms with Crippen molar-refractivity contribution in [1.29, 1.82) is 0 Å². The Morgan fingerprint density at radius 3 is 2.70 bits per heavy atom. The molecule has 0 radical (unpaired) electrons. The molecule has 0 aromatic carbocycles. The van der Waals surface area contributed by atoms with E-state index in [1.807, 2.05) is 6.08 Å². The van der Waals surface area contributed by atoms with Crippen LogP contribution in [-0.4, -0.2) is 50.3 Å². The Balaban J connectivity index is 1.95. The van der Waals surface area contributed by atoms with E-state index in [4.69, 9.17) is 4.74 Å². The molecule has 0 unspecified atom stereocenters. The lowest BCUT2D eigenvalue weighted by molar-refractivity contribution is 0.134. The summed E-state index contributed by atoms with van der Waals surface area (Å²) in [5.41, 5.74) is 0.682. The molecule has 1 aromatic heterocycles. The molecule has 1 aromatic rings. The van der Waals surface area contributed by atoms with Gasteiger partial charge in [-0.1, -0.05) is 12.1 Å². The van der Waals surface area contributed by atoms with Gasteiger partial charge in [-0.05, 0) is 44.3 Å². The predicted octanol–water partition coefficient (Wildman–Crippen LogP) is 2.44. The molecular formula is C17H26N2O3S. The lowest BCUT2D eigenvalue weighted by Crippen LogP contribution is -2.34. The fourth-order valence-electron chi connectivity index (χ4n) is 2.78. The molecule has 0 N–H and O–H groups in total. The van der Waals surface area contributed by atoms with Gasteiger partial charge in [0.15, 0.2) is 9.84 Å². The summed E-state index contributed by atoms with van der Waals surface area (Å²) in [6.07, 6.45) is 9.12. The summed E-state index contributed by atoms with van der Waals surface area (Å²) >= 11 is 0. The minimum atomic E-state index is -3.04. The first-order valence-electron chi connectivity index (χ1n) is 8.09. The lowest BCUT2D eigenvalue weighted by atomic mass is 10.2. The second-order valence-corrected chi connectivity index (χ2v) is 8.33. The number of rotatable bonds is 9. The number of hydrogen-bond acceptors (Lipinski definition) is 5. The van der Waals surface area contributed by atoms with E-state index in [1.165, 1.54) is 19.1 Å². The second kappa shape index (κ2) is 8.45. The van der Waals surface area contributed by atoms with Crippen LogP contribution in [0, 0.1) is 0 Å². The SMILES string of the molecule is C=CCC[C@H](CN1CCCC1)Oc1ccc(CS(C)(=O)=O)cn1. The molecule has 1 aliphatic rings. The molecule has 5 nitrogen and oxygen atoms in total. The zero-order chi connectivity index (χ0) is 16.7. The molecule has 1 aliphatic heterocycles. The highest BCUT2D eigenvalue weighted by atomic mass is 32.2. The van der Waals surface area contributed by atoms with Crippen molar-refractivity contribution in [2.24, 2.45) is 0 Å². The molecule has 2 rings (SSSR count). The van der Waals surface area contributed by atoms with Crippen LogP contribution in [0.15, 0.2) is 31.0 Å². The normalized spacial score (nSPS) is 17.1.